The van der Waals surface area contributed by atoms with Gasteiger partial charge in [0.25, 0.3) is 5.91 Å². The summed E-state index contributed by atoms with van der Waals surface area (Å²) in [4.78, 5) is 19.3. The molecule has 3 aromatic rings. The van der Waals surface area contributed by atoms with Crippen LogP contribution in [0.25, 0.3) is 11.6 Å². The third-order valence-electron chi connectivity index (χ3n) is 3.74. The summed E-state index contributed by atoms with van der Waals surface area (Å²) >= 11 is 0. The van der Waals surface area contributed by atoms with Crippen LogP contribution < -0.4 is 5.32 Å². The maximum atomic E-state index is 12.2. The van der Waals surface area contributed by atoms with Crippen molar-refractivity contribution in [2.24, 2.45) is 0 Å². The molecule has 114 valence electrons. The molecule has 1 aliphatic heterocycles. The second-order valence-electron chi connectivity index (χ2n) is 5.39. The summed E-state index contributed by atoms with van der Waals surface area (Å²) in [5.74, 6) is 6.10. The van der Waals surface area contributed by atoms with E-state index in [1.165, 1.54) is 0 Å². The van der Waals surface area contributed by atoms with Gasteiger partial charge in [-0.05, 0) is 48.5 Å². The van der Waals surface area contributed by atoms with Crippen molar-refractivity contribution in [3.8, 4) is 11.8 Å². The van der Waals surface area contributed by atoms with Gasteiger partial charge in [0, 0.05) is 46.7 Å². The summed E-state index contributed by atoms with van der Waals surface area (Å²) in [5, 5.41) is 2.88. The van der Waals surface area contributed by atoms with E-state index in [9.17, 15) is 4.79 Å². The Kier molecular flexibility index (Phi) is 3.45. The van der Waals surface area contributed by atoms with Gasteiger partial charge in [0.2, 0.25) is 0 Å². The van der Waals surface area contributed by atoms with E-state index in [2.05, 4.69) is 27.1 Å². The molecule has 1 aliphatic rings. The third kappa shape index (κ3) is 2.71. The zero-order valence-corrected chi connectivity index (χ0v) is 12.7. The van der Waals surface area contributed by atoms with E-state index in [0.29, 0.717) is 5.57 Å². The molecule has 2 N–H and O–H groups in total. The number of amides is 1. The lowest BCUT2D eigenvalue weighted by molar-refractivity contribution is -0.110. The lowest BCUT2D eigenvalue weighted by atomic mass is 10.0. The number of benzene rings is 1. The highest BCUT2D eigenvalue weighted by Crippen LogP contribution is 2.33. The summed E-state index contributed by atoms with van der Waals surface area (Å²) in [6.45, 7) is 0. The molecule has 0 radical (unpaired) electrons. The Bertz CT molecular complexity index is 990. The number of hydrogen-bond donors (Lipinski definition) is 2. The van der Waals surface area contributed by atoms with Gasteiger partial charge in [-0.2, -0.15) is 0 Å². The van der Waals surface area contributed by atoms with Crippen molar-refractivity contribution in [3.63, 3.8) is 0 Å². The number of fused-ring (bicyclic) bond motifs is 1. The molecule has 1 amide bonds. The molecule has 0 unspecified atom stereocenters. The second-order valence-corrected chi connectivity index (χ2v) is 5.39. The number of nitrogens with zero attached hydrogens (tertiary/aromatic N) is 1. The van der Waals surface area contributed by atoms with E-state index in [4.69, 9.17) is 0 Å². The van der Waals surface area contributed by atoms with Gasteiger partial charge in [0.05, 0.1) is 5.57 Å². The number of carbonyl (C=O) groups excluding carboxylic acids is 1. The number of aromatic amines is 1. The number of aromatic nitrogens is 2. The van der Waals surface area contributed by atoms with Crippen LogP contribution in [0.2, 0.25) is 0 Å². The molecule has 0 spiro atoms. The molecule has 24 heavy (non-hydrogen) atoms. The highest BCUT2D eigenvalue weighted by molar-refractivity contribution is 6.34. The fourth-order valence-electron chi connectivity index (χ4n) is 2.58. The SMILES string of the molecule is O=C1Nc2ccc(C#Cc3cccnc3)cc2C1=Cc1ccc[nH]1. The average Bonchev–Trinajstić information content (AvgIpc) is 3.23. The molecule has 3 heterocycles. The van der Waals surface area contributed by atoms with Crippen molar-refractivity contribution in [2.75, 3.05) is 5.32 Å². The van der Waals surface area contributed by atoms with Crippen molar-refractivity contribution in [1.29, 1.82) is 0 Å². The molecule has 0 aliphatic carbocycles. The van der Waals surface area contributed by atoms with Crippen molar-refractivity contribution in [2.45, 2.75) is 0 Å². The average molecular weight is 311 g/mol. The predicted molar refractivity (Wildman–Crippen MR) is 94.0 cm³/mol. The summed E-state index contributed by atoms with van der Waals surface area (Å²) in [6.07, 6.45) is 7.12. The van der Waals surface area contributed by atoms with E-state index in [1.807, 2.05) is 54.7 Å². The van der Waals surface area contributed by atoms with Gasteiger partial charge in [-0.25, -0.2) is 0 Å². The number of nitrogens with one attached hydrogen (secondary N) is 2. The van der Waals surface area contributed by atoms with Crippen LogP contribution in [-0.4, -0.2) is 15.9 Å². The van der Waals surface area contributed by atoms with Crippen LogP contribution in [0, 0.1) is 11.8 Å². The Labute approximate surface area is 139 Å². The van der Waals surface area contributed by atoms with Crippen LogP contribution >= 0.6 is 0 Å². The highest BCUT2D eigenvalue weighted by Gasteiger charge is 2.24. The summed E-state index contributed by atoms with van der Waals surface area (Å²) < 4.78 is 0. The molecule has 0 saturated carbocycles. The van der Waals surface area contributed by atoms with Crippen LogP contribution in [0.4, 0.5) is 5.69 Å². The number of carbonyl (C=O) groups is 1. The standard InChI is InChI=1S/C20H13N3O/c24-20-18(12-16-4-2-10-22-16)17-11-14(7-8-19(17)23-20)5-6-15-3-1-9-21-13-15/h1-4,7-13,22H,(H,23,24). The molecule has 0 saturated heterocycles. The molecule has 0 atom stereocenters. The van der Waals surface area contributed by atoms with Crippen LogP contribution in [0.15, 0.2) is 61.1 Å². The predicted octanol–water partition coefficient (Wildman–Crippen LogP) is 3.30. The van der Waals surface area contributed by atoms with Crippen LogP contribution in [0.5, 0.6) is 0 Å². The van der Waals surface area contributed by atoms with Crippen molar-refractivity contribution in [3.05, 3.63) is 83.4 Å². The minimum absolute atomic E-state index is 0.100. The zero-order valence-electron chi connectivity index (χ0n) is 12.7. The summed E-state index contributed by atoms with van der Waals surface area (Å²) in [7, 11) is 0. The van der Waals surface area contributed by atoms with E-state index in [-0.39, 0.29) is 5.91 Å². The van der Waals surface area contributed by atoms with Gasteiger partial charge in [-0.1, -0.05) is 11.8 Å². The smallest absolute Gasteiger partial charge is 0.256 e. The normalized spacial score (nSPS) is 14.0. The van der Waals surface area contributed by atoms with Gasteiger partial charge < -0.3 is 10.3 Å². The van der Waals surface area contributed by atoms with Gasteiger partial charge >= 0.3 is 0 Å². The van der Waals surface area contributed by atoms with E-state index >= 15 is 0 Å². The van der Waals surface area contributed by atoms with E-state index in [1.54, 1.807) is 12.4 Å². The Hall–Kier alpha value is -3.58. The van der Waals surface area contributed by atoms with Crippen LogP contribution in [-0.2, 0) is 4.79 Å². The quantitative estimate of drug-likeness (QED) is 0.535. The van der Waals surface area contributed by atoms with Crippen molar-refractivity contribution < 1.29 is 4.79 Å². The summed E-state index contributed by atoms with van der Waals surface area (Å²) in [5.41, 5.74) is 4.91. The van der Waals surface area contributed by atoms with E-state index < -0.39 is 0 Å². The first-order valence-electron chi connectivity index (χ1n) is 7.52. The monoisotopic (exact) mass is 311 g/mol. The van der Waals surface area contributed by atoms with Gasteiger partial charge in [0.1, 0.15) is 0 Å². The number of anilines is 1. The molecule has 4 rings (SSSR count). The molecule has 0 bridgehead atoms. The molecule has 4 heteroatoms. The largest absolute Gasteiger partial charge is 0.362 e. The molecular formula is C20H13N3O. The lowest BCUT2D eigenvalue weighted by Gasteiger charge is -1.99. The Balaban J connectivity index is 1.72. The van der Waals surface area contributed by atoms with Crippen molar-refractivity contribution in [1.82, 2.24) is 9.97 Å². The molecule has 0 fully saturated rings. The topological polar surface area (TPSA) is 57.8 Å². The van der Waals surface area contributed by atoms with E-state index in [0.717, 1.165) is 28.1 Å². The summed E-state index contributed by atoms with van der Waals surface area (Å²) in [6, 6.07) is 13.3. The molecule has 2 aromatic heterocycles. The lowest BCUT2D eigenvalue weighted by Crippen LogP contribution is -2.03. The number of H-pyrrole nitrogens is 1. The number of pyridine rings is 1. The van der Waals surface area contributed by atoms with Gasteiger partial charge in [-0.3, -0.25) is 9.78 Å². The fourth-order valence-corrected chi connectivity index (χ4v) is 2.58. The first-order chi connectivity index (χ1) is 11.8. The molecule has 4 nitrogen and oxygen atoms in total. The number of rotatable bonds is 1. The highest BCUT2D eigenvalue weighted by atomic mass is 16.2. The molecular weight excluding hydrogens is 298 g/mol. The number of hydrogen-bond acceptors (Lipinski definition) is 2. The van der Waals surface area contributed by atoms with Gasteiger partial charge in [-0.15, -0.1) is 0 Å². The Morgan fingerprint density at radius 2 is 1.96 bits per heavy atom. The third-order valence-corrected chi connectivity index (χ3v) is 3.74. The second kappa shape index (κ2) is 5.90. The maximum absolute atomic E-state index is 12.2. The first-order valence-corrected chi connectivity index (χ1v) is 7.52. The minimum Gasteiger partial charge on any atom is -0.362 e. The Morgan fingerprint density at radius 1 is 1.04 bits per heavy atom. The minimum atomic E-state index is -0.100. The first kappa shape index (κ1) is 14.0. The molecule has 1 aromatic carbocycles. The van der Waals surface area contributed by atoms with Crippen LogP contribution in [0.3, 0.4) is 0 Å². The van der Waals surface area contributed by atoms with Crippen LogP contribution in [0.1, 0.15) is 22.4 Å². The zero-order chi connectivity index (χ0) is 16.4. The Morgan fingerprint density at radius 3 is 2.75 bits per heavy atom. The van der Waals surface area contributed by atoms with Gasteiger partial charge in [0.15, 0.2) is 0 Å². The fraction of sp³-hybridized carbons (Fsp3) is 0. The maximum Gasteiger partial charge on any atom is 0.256 e. The van der Waals surface area contributed by atoms with Crippen molar-refractivity contribution >= 4 is 23.2 Å².